The van der Waals surface area contributed by atoms with Crippen LogP contribution in [0, 0.1) is 12.2 Å². The molecule has 1 aromatic rings. The molecule has 1 aliphatic rings. The summed E-state index contributed by atoms with van der Waals surface area (Å²) in [7, 11) is 0. The Morgan fingerprint density at radius 3 is 3.08 bits per heavy atom. The highest BCUT2D eigenvalue weighted by molar-refractivity contribution is 5.46. The van der Waals surface area contributed by atoms with Crippen LogP contribution in [0.1, 0.15) is 19.3 Å². The van der Waals surface area contributed by atoms with Crippen molar-refractivity contribution in [2.75, 3.05) is 11.9 Å². The highest BCUT2D eigenvalue weighted by atomic mass is 16.3. The van der Waals surface area contributed by atoms with Crippen molar-refractivity contribution >= 4 is 5.82 Å². The zero-order chi connectivity index (χ0) is 9.10. The highest BCUT2D eigenvalue weighted by Gasteiger charge is 2.17. The molecule has 0 saturated heterocycles. The van der Waals surface area contributed by atoms with Crippen LogP contribution in [-0.2, 0) is 0 Å². The van der Waals surface area contributed by atoms with Crippen LogP contribution in [0.15, 0.2) is 6.20 Å². The van der Waals surface area contributed by atoms with Crippen molar-refractivity contribution in [2.45, 2.75) is 19.3 Å². The molecule has 2 N–H and O–H groups in total. The Hall–Kier alpha value is -1.32. The first kappa shape index (κ1) is 8.29. The normalized spacial score (nSPS) is 16.6. The summed E-state index contributed by atoms with van der Waals surface area (Å²) in [6.07, 6.45) is 7.67. The summed E-state index contributed by atoms with van der Waals surface area (Å²) in [4.78, 5) is 7.39. The number of anilines is 1. The number of hydrogen-bond acceptors (Lipinski definition) is 4. The summed E-state index contributed by atoms with van der Waals surface area (Å²) in [5, 5.41) is 12.4. The van der Waals surface area contributed by atoms with Gasteiger partial charge in [-0.1, -0.05) is 6.42 Å². The van der Waals surface area contributed by atoms with Crippen LogP contribution in [0.25, 0.3) is 0 Å². The predicted molar refractivity (Wildman–Crippen MR) is 48.4 cm³/mol. The quantitative estimate of drug-likeness (QED) is 0.730. The molecule has 4 heteroatoms. The Morgan fingerprint density at radius 1 is 1.62 bits per heavy atom. The summed E-state index contributed by atoms with van der Waals surface area (Å²) in [6.45, 7) is 0.887. The number of rotatable bonds is 3. The van der Waals surface area contributed by atoms with Gasteiger partial charge in [-0.2, -0.15) is 0 Å². The molecule has 1 aliphatic carbocycles. The fraction of sp³-hybridized carbons (Fsp3) is 0.556. The lowest BCUT2D eigenvalue weighted by atomic mass is 9.85. The zero-order valence-corrected chi connectivity index (χ0v) is 7.32. The van der Waals surface area contributed by atoms with Gasteiger partial charge in [0.1, 0.15) is 0 Å². The number of aromatic hydroxyl groups is 1. The van der Waals surface area contributed by atoms with E-state index in [2.05, 4.69) is 21.6 Å². The average Bonchev–Trinajstić information content (AvgIpc) is 2.05. The smallest absolute Gasteiger partial charge is 0.200 e. The molecule has 4 nitrogen and oxygen atoms in total. The lowest BCUT2D eigenvalue weighted by molar-refractivity contribution is 0.332. The first-order valence-electron chi connectivity index (χ1n) is 4.52. The third-order valence-corrected chi connectivity index (χ3v) is 2.43. The summed E-state index contributed by atoms with van der Waals surface area (Å²) < 4.78 is 0. The van der Waals surface area contributed by atoms with Crippen LogP contribution < -0.4 is 5.32 Å². The minimum atomic E-state index is 0.0954. The Bertz CT molecular complexity index is 286. The van der Waals surface area contributed by atoms with Gasteiger partial charge in [0.25, 0.3) is 0 Å². The van der Waals surface area contributed by atoms with Gasteiger partial charge in [-0.25, -0.2) is 9.97 Å². The molecule has 0 bridgehead atoms. The number of hydrogen-bond donors (Lipinski definition) is 2. The molecule has 1 saturated carbocycles. The fourth-order valence-electron chi connectivity index (χ4n) is 1.36. The second kappa shape index (κ2) is 3.60. The largest absolute Gasteiger partial charge is 0.503 e. The van der Waals surface area contributed by atoms with Gasteiger partial charge in [0.05, 0.1) is 6.20 Å². The van der Waals surface area contributed by atoms with E-state index in [1.807, 2.05) is 0 Å². The van der Waals surface area contributed by atoms with Crippen molar-refractivity contribution in [1.29, 1.82) is 0 Å². The van der Waals surface area contributed by atoms with Gasteiger partial charge in [0.15, 0.2) is 17.9 Å². The first-order valence-corrected chi connectivity index (χ1v) is 4.52. The molecule has 1 radical (unpaired) electrons. The van der Waals surface area contributed by atoms with Crippen molar-refractivity contribution in [1.82, 2.24) is 9.97 Å². The number of aromatic nitrogens is 2. The van der Waals surface area contributed by atoms with E-state index in [1.165, 1.54) is 25.5 Å². The molecule has 13 heavy (non-hydrogen) atoms. The molecular formula is C9H12N3O. The van der Waals surface area contributed by atoms with E-state index in [0.29, 0.717) is 5.82 Å². The lowest BCUT2D eigenvalue weighted by Crippen LogP contribution is -2.21. The monoisotopic (exact) mass is 178 g/mol. The molecule has 0 atom stereocenters. The van der Waals surface area contributed by atoms with Crippen LogP contribution in [0.5, 0.6) is 5.75 Å². The molecule has 0 spiro atoms. The van der Waals surface area contributed by atoms with E-state index in [-0.39, 0.29) is 5.75 Å². The van der Waals surface area contributed by atoms with Crippen LogP contribution in [-0.4, -0.2) is 21.6 Å². The molecule has 0 aliphatic heterocycles. The second-order valence-electron chi connectivity index (χ2n) is 3.38. The Balaban J connectivity index is 1.89. The van der Waals surface area contributed by atoms with Gasteiger partial charge in [-0.3, -0.25) is 0 Å². The third-order valence-electron chi connectivity index (χ3n) is 2.43. The van der Waals surface area contributed by atoms with Crippen LogP contribution in [0.2, 0.25) is 0 Å². The molecule has 1 heterocycles. The number of nitrogens with zero attached hydrogens (tertiary/aromatic N) is 2. The topological polar surface area (TPSA) is 58.0 Å². The van der Waals surface area contributed by atoms with E-state index < -0.39 is 0 Å². The zero-order valence-electron chi connectivity index (χ0n) is 7.32. The molecule has 2 rings (SSSR count). The Kier molecular flexibility index (Phi) is 2.29. The highest BCUT2D eigenvalue weighted by Crippen LogP contribution is 2.27. The first-order chi connectivity index (χ1) is 6.36. The van der Waals surface area contributed by atoms with Crippen LogP contribution in [0.4, 0.5) is 5.82 Å². The maximum Gasteiger partial charge on any atom is 0.200 e. The molecule has 0 unspecified atom stereocenters. The van der Waals surface area contributed by atoms with E-state index in [9.17, 15) is 5.11 Å². The van der Waals surface area contributed by atoms with E-state index >= 15 is 0 Å². The maximum absolute atomic E-state index is 9.31. The SMILES string of the molecule is Oc1cn[c]nc1NCC1CCC1. The summed E-state index contributed by atoms with van der Waals surface area (Å²) >= 11 is 0. The summed E-state index contributed by atoms with van der Waals surface area (Å²) in [6, 6.07) is 0. The molecule has 0 amide bonds. The van der Waals surface area contributed by atoms with Gasteiger partial charge in [0, 0.05) is 6.54 Å². The van der Waals surface area contributed by atoms with Crippen molar-refractivity contribution in [3.05, 3.63) is 12.5 Å². The minimum Gasteiger partial charge on any atom is -0.503 e. The van der Waals surface area contributed by atoms with E-state index in [4.69, 9.17) is 0 Å². The molecule has 0 aromatic carbocycles. The van der Waals surface area contributed by atoms with Gasteiger partial charge < -0.3 is 10.4 Å². The molecule has 1 fully saturated rings. The lowest BCUT2D eigenvalue weighted by Gasteiger charge is -2.25. The van der Waals surface area contributed by atoms with E-state index in [0.717, 1.165) is 12.5 Å². The molecule has 69 valence electrons. The van der Waals surface area contributed by atoms with Crippen LogP contribution in [0.3, 0.4) is 0 Å². The fourth-order valence-corrected chi connectivity index (χ4v) is 1.36. The average molecular weight is 178 g/mol. The van der Waals surface area contributed by atoms with Crippen molar-refractivity contribution in [2.24, 2.45) is 5.92 Å². The Labute approximate surface area is 77.0 Å². The Morgan fingerprint density at radius 2 is 2.46 bits per heavy atom. The predicted octanol–water partition coefficient (Wildman–Crippen LogP) is 1.19. The molecule has 1 aromatic heterocycles. The third kappa shape index (κ3) is 1.88. The van der Waals surface area contributed by atoms with Gasteiger partial charge in [-0.05, 0) is 18.8 Å². The minimum absolute atomic E-state index is 0.0954. The number of nitrogens with one attached hydrogen (secondary N) is 1. The van der Waals surface area contributed by atoms with Gasteiger partial charge in [-0.15, -0.1) is 0 Å². The summed E-state index contributed by atoms with van der Waals surface area (Å²) in [5.41, 5.74) is 0. The standard InChI is InChI=1S/C9H12N3O/c13-8-5-10-6-12-9(8)11-4-7-2-1-3-7/h5,7,13H,1-4H2,(H,10,11,12). The second-order valence-corrected chi connectivity index (χ2v) is 3.38. The van der Waals surface area contributed by atoms with Crippen LogP contribution >= 0.6 is 0 Å². The van der Waals surface area contributed by atoms with Crippen molar-refractivity contribution < 1.29 is 5.11 Å². The van der Waals surface area contributed by atoms with Crippen molar-refractivity contribution in [3.63, 3.8) is 0 Å². The maximum atomic E-state index is 9.31. The molecular weight excluding hydrogens is 166 g/mol. The van der Waals surface area contributed by atoms with E-state index in [1.54, 1.807) is 0 Å². The van der Waals surface area contributed by atoms with Gasteiger partial charge >= 0.3 is 0 Å². The van der Waals surface area contributed by atoms with Crippen molar-refractivity contribution in [3.8, 4) is 5.75 Å². The van der Waals surface area contributed by atoms with Gasteiger partial charge in [0.2, 0.25) is 0 Å². The summed E-state index contributed by atoms with van der Waals surface area (Å²) in [5.74, 6) is 1.33.